The second kappa shape index (κ2) is 8.17. The minimum absolute atomic E-state index is 0.0214. The van der Waals surface area contributed by atoms with Crippen molar-refractivity contribution in [2.75, 3.05) is 6.54 Å². The van der Waals surface area contributed by atoms with Gasteiger partial charge in [-0.15, -0.1) is 0 Å². The Bertz CT molecular complexity index is 604. The van der Waals surface area contributed by atoms with E-state index in [2.05, 4.69) is 26.6 Å². The van der Waals surface area contributed by atoms with Crippen molar-refractivity contribution in [1.29, 1.82) is 0 Å². The first kappa shape index (κ1) is 16.0. The van der Waals surface area contributed by atoms with Gasteiger partial charge in [-0.3, -0.25) is 4.79 Å². The summed E-state index contributed by atoms with van der Waals surface area (Å²) < 4.78 is 0.858. The molecule has 0 atom stereocenters. The van der Waals surface area contributed by atoms with E-state index >= 15 is 0 Å². The molecule has 0 heterocycles. The zero-order valence-corrected chi connectivity index (χ0v) is 13.7. The van der Waals surface area contributed by atoms with E-state index in [0.29, 0.717) is 18.1 Å². The van der Waals surface area contributed by atoms with E-state index in [-0.39, 0.29) is 12.5 Å². The van der Waals surface area contributed by atoms with Crippen molar-refractivity contribution < 1.29 is 4.79 Å². The van der Waals surface area contributed by atoms with Gasteiger partial charge in [-0.05, 0) is 39.2 Å². The molecule has 2 aromatic rings. The second-order valence-corrected chi connectivity index (χ2v) is 5.88. The molecule has 0 fully saturated rings. The van der Waals surface area contributed by atoms with Gasteiger partial charge in [0, 0.05) is 17.6 Å². The first-order valence-corrected chi connectivity index (χ1v) is 7.77. The van der Waals surface area contributed by atoms with Crippen LogP contribution >= 0.6 is 27.5 Å². The highest BCUT2D eigenvalue weighted by Gasteiger charge is 2.02. The molecular formula is C16H16BrClN2O. The number of rotatable bonds is 6. The fraction of sp³-hybridized carbons (Fsp3) is 0.188. The Morgan fingerprint density at radius 1 is 1.05 bits per heavy atom. The number of carbonyl (C=O) groups excluding carboxylic acids is 1. The van der Waals surface area contributed by atoms with Crippen LogP contribution in [-0.2, 0) is 17.9 Å². The van der Waals surface area contributed by atoms with Crippen molar-refractivity contribution in [3.05, 3.63) is 69.2 Å². The Morgan fingerprint density at radius 2 is 1.81 bits per heavy atom. The Hall–Kier alpha value is -1.36. The van der Waals surface area contributed by atoms with Crippen LogP contribution in [0, 0.1) is 0 Å². The monoisotopic (exact) mass is 366 g/mol. The van der Waals surface area contributed by atoms with Gasteiger partial charge in [-0.25, -0.2) is 0 Å². The summed E-state index contributed by atoms with van der Waals surface area (Å²) in [6.07, 6.45) is 0. The van der Waals surface area contributed by atoms with Crippen molar-refractivity contribution in [2.24, 2.45) is 0 Å². The highest BCUT2D eigenvalue weighted by molar-refractivity contribution is 9.10. The van der Waals surface area contributed by atoms with E-state index in [4.69, 9.17) is 11.6 Å². The summed E-state index contributed by atoms with van der Waals surface area (Å²) in [6.45, 7) is 1.45. The number of carbonyl (C=O) groups is 1. The Balaban J connectivity index is 1.70. The topological polar surface area (TPSA) is 41.1 Å². The van der Waals surface area contributed by atoms with Gasteiger partial charge in [-0.2, -0.15) is 0 Å². The fourth-order valence-electron chi connectivity index (χ4n) is 1.83. The molecule has 0 radical (unpaired) electrons. The van der Waals surface area contributed by atoms with Gasteiger partial charge in [-0.1, -0.05) is 48.0 Å². The van der Waals surface area contributed by atoms with Gasteiger partial charge in [0.15, 0.2) is 0 Å². The molecule has 0 bridgehead atoms. The molecule has 2 aromatic carbocycles. The third-order valence-corrected chi connectivity index (χ3v) is 4.15. The highest BCUT2D eigenvalue weighted by atomic mass is 79.9. The van der Waals surface area contributed by atoms with E-state index in [1.54, 1.807) is 0 Å². The predicted octanol–water partition coefficient (Wildman–Crippen LogP) is 3.51. The van der Waals surface area contributed by atoms with Crippen LogP contribution in [0.25, 0.3) is 0 Å². The maximum atomic E-state index is 11.7. The molecule has 0 aromatic heterocycles. The summed E-state index contributed by atoms with van der Waals surface area (Å²) in [5.74, 6) is -0.0214. The molecule has 1 amide bonds. The van der Waals surface area contributed by atoms with Crippen LogP contribution in [0.4, 0.5) is 0 Å². The minimum Gasteiger partial charge on any atom is -0.351 e. The molecule has 0 aliphatic heterocycles. The molecule has 2 N–H and O–H groups in total. The lowest BCUT2D eigenvalue weighted by atomic mass is 10.2. The van der Waals surface area contributed by atoms with Crippen LogP contribution in [0.3, 0.4) is 0 Å². The average Bonchev–Trinajstić information content (AvgIpc) is 2.50. The van der Waals surface area contributed by atoms with E-state index in [1.165, 1.54) is 0 Å². The van der Waals surface area contributed by atoms with Crippen molar-refractivity contribution in [3.8, 4) is 0 Å². The van der Waals surface area contributed by atoms with E-state index in [9.17, 15) is 4.79 Å². The van der Waals surface area contributed by atoms with Crippen molar-refractivity contribution in [2.45, 2.75) is 13.1 Å². The van der Waals surface area contributed by atoms with Gasteiger partial charge in [0.25, 0.3) is 0 Å². The molecule has 0 saturated carbocycles. The third kappa shape index (κ3) is 5.50. The Kier molecular flexibility index (Phi) is 6.23. The molecule has 0 spiro atoms. The molecule has 0 saturated heterocycles. The first-order valence-electron chi connectivity index (χ1n) is 6.60. The lowest BCUT2D eigenvalue weighted by molar-refractivity contribution is -0.120. The molecule has 0 aliphatic carbocycles. The number of halogens is 2. The first-order chi connectivity index (χ1) is 10.1. The molecule has 0 unspecified atom stereocenters. The predicted molar refractivity (Wildman–Crippen MR) is 89.1 cm³/mol. The number of benzene rings is 2. The number of hydrogen-bond acceptors (Lipinski definition) is 2. The van der Waals surface area contributed by atoms with Crippen LogP contribution in [0.1, 0.15) is 11.1 Å². The summed E-state index contributed by atoms with van der Waals surface area (Å²) in [7, 11) is 0. The number of nitrogens with one attached hydrogen (secondary N) is 2. The summed E-state index contributed by atoms with van der Waals surface area (Å²) in [6, 6.07) is 15.5. The minimum atomic E-state index is -0.0214. The summed E-state index contributed by atoms with van der Waals surface area (Å²) >= 11 is 9.31. The quantitative estimate of drug-likeness (QED) is 0.820. The number of amides is 1. The van der Waals surface area contributed by atoms with Crippen LogP contribution < -0.4 is 10.6 Å². The van der Waals surface area contributed by atoms with Crippen molar-refractivity contribution >= 4 is 33.4 Å². The Morgan fingerprint density at radius 3 is 2.52 bits per heavy atom. The fourth-order valence-corrected chi connectivity index (χ4v) is 2.37. The SMILES string of the molecule is O=C(CNCc1ccc(Cl)c(Br)c1)NCc1ccccc1. The Labute approximate surface area is 137 Å². The molecule has 5 heteroatoms. The maximum absolute atomic E-state index is 11.7. The van der Waals surface area contributed by atoms with Crippen molar-refractivity contribution in [3.63, 3.8) is 0 Å². The normalized spacial score (nSPS) is 10.4. The van der Waals surface area contributed by atoms with Crippen LogP contribution in [0.2, 0.25) is 5.02 Å². The third-order valence-electron chi connectivity index (χ3n) is 2.93. The van der Waals surface area contributed by atoms with Gasteiger partial charge in [0.2, 0.25) is 5.91 Å². The van der Waals surface area contributed by atoms with Gasteiger partial charge < -0.3 is 10.6 Å². The van der Waals surface area contributed by atoms with Gasteiger partial charge >= 0.3 is 0 Å². The van der Waals surface area contributed by atoms with Crippen molar-refractivity contribution in [1.82, 2.24) is 10.6 Å². The maximum Gasteiger partial charge on any atom is 0.234 e. The van der Waals surface area contributed by atoms with Crippen LogP contribution in [0.15, 0.2) is 53.0 Å². The number of hydrogen-bond donors (Lipinski definition) is 2. The highest BCUT2D eigenvalue weighted by Crippen LogP contribution is 2.22. The molecule has 3 nitrogen and oxygen atoms in total. The summed E-state index contributed by atoms with van der Waals surface area (Å²) in [5, 5.41) is 6.66. The second-order valence-electron chi connectivity index (χ2n) is 4.61. The zero-order valence-electron chi connectivity index (χ0n) is 11.4. The standard InChI is InChI=1S/C16H16BrClN2O/c17-14-8-13(6-7-15(14)18)9-19-11-16(21)20-10-12-4-2-1-3-5-12/h1-8,19H,9-11H2,(H,20,21). The largest absolute Gasteiger partial charge is 0.351 e. The van der Waals surface area contributed by atoms with E-state index in [1.807, 2.05) is 48.5 Å². The van der Waals surface area contributed by atoms with Gasteiger partial charge in [0.05, 0.1) is 11.6 Å². The van der Waals surface area contributed by atoms with Gasteiger partial charge in [0.1, 0.15) is 0 Å². The van der Waals surface area contributed by atoms with E-state index < -0.39 is 0 Å². The molecule has 0 aliphatic rings. The van der Waals surface area contributed by atoms with Crippen LogP contribution in [-0.4, -0.2) is 12.5 Å². The molecule has 2 rings (SSSR count). The molecular weight excluding hydrogens is 352 g/mol. The van der Waals surface area contributed by atoms with Crippen LogP contribution in [0.5, 0.6) is 0 Å². The average molecular weight is 368 g/mol. The zero-order chi connectivity index (χ0) is 15.1. The van der Waals surface area contributed by atoms with E-state index in [0.717, 1.165) is 15.6 Å². The molecule has 21 heavy (non-hydrogen) atoms. The smallest absolute Gasteiger partial charge is 0.234 e. The molecule has 110 valence electrons. The summed E-state index contributed by atoms with van der Waals surface area (Å²) in [4.78, 5) is 11.7. The lowest BCUT2D eigenvalue weighted by Gasteiger charge is -2.07. The lowest BCUT2D eigenvalue weighted by Crippen LogP contribution is -2.33. The summed E-state index contributed by atoms with van der Waals surface area (Å²) in [5.41, 5.74) is 2.16.